The number of alkyl halides is 3. The average Bonchev–Trinajstić information content (AvgIpc) is 3.45. The Labute approximate surface area is 187 Å². The van der Waals surface area contributed by atoms with E-state index in [-0.39, 0.29) is 18.8 Å². The summed E-state index contributed by atoms with van der Waals surface area (Å²) in [6.45, 7) is 0.0535. The zero-order valence-electron chi connectivity index (χ0n) is 16.7. The van der Waals surface area contributed by atoms with E-state index in [2.05, 4.69) is 5.16 Å². The van der Waals surface area contributed by atoms with Gasteiger partial charge in [0.05, 0.1) is 24.1 Å². The Hall–Kier alpha value is -3.26. The zero-order valence-corrected chi connectivity index (χ0v) is 17.4. The molecule has 1 atom stereocenters. The van der Waals surface area contributed by atoms with Crippen LogP contribution in [0.15, 0.2) is 76.5 Å². The summed E-state index contributed by atoms with van der Waals surface area (Å²) in [6.07, 6.45) is -3.20. The summed E-state index contributed by atoms with van der Waals surface area (Å²) in [5.41, 5.74) is 0.940. The number of halogens is 4. The molecule has 3 aromatic rings. The summed E-state index contributed by atoms with van der Waals surface area (Å²) >= 11 is 6.23. The van der Waals surface area contributed by atoms with Gasteiger partial charge in [-0.1, -0.05) is 47.1 Å². The highest BCUT2D eigenvalue weighted by Crippen LogP contribution is 2.30. The van der Waals surface area contributed by atoms with Crippen LogP contribution in [0.1, 0.15) is 33.7 Å². The first-order chi connectivity index (χ1) is 15.3. The fourth-order valence-electron chi connectivity index (χ4n) is 3.47. The van der Waals surface area contributed by atoms with Crippen LogP contribution in [0.2, 0.25) is 5.02 Å². The van der Waals surface area contributed by atoms with E-state index >= 15 is 0 Å². The zero-order chi connectivity index (χ0) is 22.7. The van der Waals surface area contributed by atoms with E-state index in [1.54, 1.807) is 24.3 Å². The molecule has 2 heterocycles. The Morgan fingerprint density at radius 3 is 2.66 bits per heavy atom. The van der Waals surface area contributed by atoms with Crippen molar-refractivity contribution >= 4 is 23.2 Å². The fourth-order valence-corrected chi connectivity index (χ4v) is 3.71. The average molecular weight is 463 g/mol. The number of nitrogens with zero attached hydrogens (tertiary/aromatic N) is 2. The predicted octanol–water partition coefficient (Wildman–Crippen LogP) is 5.79. The van der Waals surface area contributed by atoms with Gasteiger partial charge in [0.1, 0.15) is 0 Å². The largest absolute Gasteiger partial charge is 0.459 e. The molecule has 0 fully saturated rings. The minimum absolute atomic E-state index is 0.0509. The van der Waals surface area contributed by atoms with Gasteiger partial charge >= 0.3 is 6.18 Å². The highest BCUT2D eigenvalue weighted by atomic mass is 35.5. The van der Waals surface area contributed by atoms with E-state index in [4.69, 9.17) is 20.9 Å². The van der Waals surface area contributed by atoms with Crippen LogP contribution < -0.4 is 0 Å². The molecular formula is C23H18ClF3N2O3. The lowest BCUT2D eigenvalue weighted by molar-refractivity contribution is -0.137. The van der Waals surface area contributed by atoms with Crippen molar-refractivity contribution in [1.29, 1.82) is 0 Å². The second kappa shape index (κ2) is 9.08. The monoisotopic (exact) mass is 462 g/mol. The molecule has 0 aliphatic carbocycles. The summed E-state index contributed by atoms with van der Waals surface area (Å²) in [7, 11) is 0. The summed E-state index contributed by atoms with van der Waals surface area (Å²) in [6, 6.07) is 15.2. The number of oxime groups is 1. The molecule has 4 rings (SSSR count). The van der Waals surface area contributed by atoms with Crippen molar-refractivity contribution in [2.24, 2.45) is 5.16 Å². The van der Waals surface area contributed by atoms with Gasteiger partial charge in [0.15, 0.2) is 11.9 Å². The maximum absolute atomic E-state index is 13.1. The molecule has 1 aliphatic heterocycles. The Bertz CT molecular complexity index is 1130. The van der Waals surface area contributed by atoms with Gasteiger partial charge in [-0.05, 0) is 35.9 Å². The molecule has 0 N–H and O–H groups in total. The van der Waals surface area contributed by atoms with Gasteiger partial charge in [-0.2, -0.15) is 13.2 Å². The van der Waals surface area contributed by atoms with Crippen molar-refractivity contribution in [1.82, 2.24) is 4.90 Å². The third-order valence-electron chi connectivity index (χ3n) is 4.99. The first kappa shape index (κ1) is 22.0. The molecular weight excluding hydrogens is 445 g/mol. The van der Waals surface area contributed by atoms with Crippen LogP contribution in [0.25, 0.3) is 0 Å². The van der Waals surface area contributed by atoms with Crippen LogP contribution >= 0.6 is 11.6 Å². The molecule has 9 heteroatoms. The van der Waals surface area contributed by atoms with Gasteiger partial charge in [0, 0.05) is 23.6 Å². The van der Waals surface area contributed by atoms with Crippen molar-refractivity contribution < 1.29 is 27.2 Å². The number of furan rings is 1. The molecule has 0 saturated heterocycles. The molecule has 5 nitrogen and oxygen atoms in total. The van der Waals surface area contributed by atoms with Crippen molar-refractivity contribution in [3.05, 3.63) is 94.4 Å². The van der Waals surface area contributed by atoms with Crippen LogP contribution in [0, 0.1) is 0 Å². The molecule has 0 bridgehead atoms. The van der Waals surface area contributed by atoms with Crippen LogP contribution in [-0.4, -0.2) is 29.2 Å². The highest BCUT2D eigenvalue weighted by molar-refractivity contribution is 6.34. The third kappa shape index (κ3) is 4.96. The molecule has 32 heavy (non-hydrogen) atoms. The fraction of sp³-hybridized carbons (Fsp3) is 0.217. The molecule has 1 aliphatic rings. The lowest BCUT2D eigenvalue weighted by Gasteiger charge is -2.24. The van der Waals surface area contributed by atoms with Gasteiger partial charge in [0.2, 0.25) is 0 Å². The van der Waals surface area contributed by atoms with E-state index in [0.717, 1.165) is 17.7 Å². The van der Waals surface area contributed by atoms with E-state index in [0.29, 0.717) is 22.7 Å². The molecule has 166 valence electrons. The van der Waals surface area contributed by atoms with Crippen LogP contribution in [-0.2, 0) is 17.6 Å². The SMILES string of the molecule is O=C(c1ccco1)N(Cc1cccc(C(F)(F)F)c1)CC1CC(c2ccccc2Cl)=NO1. The molecule has 0 radical (unpaired) electrons. The first-order valence-corrected chi connectivity index (χ1v) is 10.2. The molecule has 1 unspecified atom stereocenters. The summed E-state index contributed by atoms with van der Waals surface area (Å²) in [5.74, 6) is -0.371. The van der Waals surface area contributed by atoms with Crippen LogP contribution in [0.5, 0.6) is 0 Å². The van der Waals surface area contributed by atoms with E-state index in [1.807, 2.05) is 12.1 Å². The number of hydrogen-bond donors (Lipinski definition) is 0. The molecule has 0 spiro atoms. The van der Waals surface area contributed by atoms with Crippen molar-refractivity contribution in [3.63, 3.8) is 0 Å². The molecule has 1 amide bonds. The lowest BCUT2D eigenvalue weighted by atomic mass is 10.0. The second-order valence-electron chi connectivity index (χ2n) is 7.31. The van der Waals surface area contributed by atoms with Crippen LogP contribution in [0.3, 0.4) is 0 Å². The van der Waals surface area contributed by atoms with Gasteiger partial charge in [0.25, 0.3) is 5.91 Å². The predicted molar refractivity (Wildman–Crippen MR) is 112 cm³/mol. The van der Waals surface area contributed by atoms with E-state index < -0.39 is 23.8 Å². The number of rotatable bonds is 6. The number of amides is 1. The summed E-state index contributed by atoms with van der Waals surface area (Å²) < 4.78 is 44.5. The van der Waals surface area contributed by atoms with Gasteiger partial charge in [-0.25, -0.2) is 0 Å². The van der Waals surface area contributed by atoms with E-state index in [9.17, 15) is 18.0 Å². The van der Waals surface area contributed by atoms with Gasteiger partial charge < -0.3 is 14.2 Å². The number of carbonyl (C=O) groups is 1. The Kier molecular flexibility index (Phi) is 6.23. The third-order valence-corrected chi connectivity index (χ3v) is 5.32. The van der Waals surface area contributed by atoms with Crippen LogP contribution in [0.4, 0.5) is 13.2 Å². The van der Waals surface area contributed by atoms with Gasteiger partial charge in [-0.3, -0.25) is 4.79 Å². The standard InChI is InChI=1S/C23H18ClF3N2O3/c24-19-8-2-1-7-18(19)20-12-17(32-28-20)14-29(22(30)21-9-4-10-31-21)13-15-5-3-6-16(11-15)23(25,26)27/h1-11,17H,12-14H2. The number of hydrogen-bond acceptors (Lipinski definition) is 4. The second-order valence-corrected chi connectivity index (χ2v) is 7.72. The minimum Gasteiger partial charge on any atom is -0.459 e. The van der Waals surface area contributed by atoms with E-state index in [1.165, 1.54) is 23.3 Å². The quantitative estimate of drug-likeness (QED) is 0.466. The Morgan fingerprint density at radius 1 is 1.12 bits per heavy atom. The van der Waals surface area contributed by atoms with Crippen molar-refractivity contribution in [2.45, 2.75) is 25.2 Å². The molecule has 0 saturated carbocycles. The highest BCUT2D eigenvalue weighted by Gasteiger charge is 2.32. The normalized spacial score (nSPS) is 15.9. The molecule has 2 aromatic carbocycles. The first-order valence-electron chi connectivity index (χ1n) is 9.78. The Morgan fingerprint density at radius 2 is 1.94 bits per heavy atom. The maximum atomic E-state index is 13.1. The number of benzene rings is 2. The summed E-state index contributed by atoms with van der Waals surface area (Å²) in [5, 5.41) is 4.63. The minimum atomic E-state index is -4.47. The number of carbonyl (C=O) groups excluding carboxylic acids is 1. The smallest absolute Gasteiger partial charge is 0.416 e. The lowest BCUT2D eigenvalue weighted by Crippen LogP contribution is -2.37. The van der Waals surface area contributed by atoms with Gasteiger partial charge in [-0.15, -0.1) is 0 Å². The maximum Gasteiger partial charge on any atom is 0.416 e. The van der Waals surface area contributed by atoms with Crippen molar-refractivity contribution in [3.8, 4) is 0 Å². The Balaban J connectivity index is 1.52. The molecule has 1 aromatic heterocycles. The summed E-state index contributed by atoms with van der Waals surface area (Å²) in [4.78, 5) is 19.9. The van der Waals surface area contributed by atoms with Crippen molar-refractivity contribution in [2.75, 3.05) is 6.54 Å². The topological polar surface area (TPSA) is 55.0 Å².